The molecule has 0 aliphatic heterocycles. The van der Waals surface area contributed by atoms with E-state index in [2.05, 4.69) is 10.3 Å². The second-order valence-electron chi connectivity index (χ2n) is 3.20. The summed E-state index contributed by atoms with van der Waals surface area (Å²) in [5.41, 5.74) is 1.26. The molecule has 0 aliphatic rings. The lowest BCUT2D eigenvalue weighted by atomic mass is 10.3. The lowest BCUT2D eigenvalue weighted by Gasteiger charge is -2.02. The Bertz CT molecular complexity index is 552. The largest absolute Gasteiger partial charge is 0.271 e. The standard InChI is InChI=1S/C9H7ClN4O2/c1-6-5-13(12-11-6)9-3-2-7(14(15)16)4-8(9)10/h2-5H,1H3. The quantitative estimate of drug-likeness (QED) is 0.593. The van der Waals surface area contributed by atoms with Gasteiger partial charge < -0.3 is 0 Å². The Kier molecular flexibility index (Phi) is 2.57. The molecule has 0 unspecified atom stereocenters. The molecular formula is C9H7ClN4O2. The molecule has 0 bridgehead atoms. The van der Waals surface area contributed by atoms with E-state index in [9.17, 15) is 10.1 Å². The van der Waals surface area contributed by atoms with Crippen molar-refractivity contribution >= 4 is 17.3 Å². The van der Waals surface area contributed by atoms with Crippen molar-refractivity contribution in [3.63, 3.8) is 0 Å². The maximum Gasteiger partial charge on any atom is 0.271 e. The van der Waals surface area contributed by atoms with Crippen LogP contribution < -0.4 is 0 Å². The van der Waals surface area contributed by atoms with Crippen molar-refractivity contribution in [2.24, 2.45) is 0 Å². The molecule has 0 atom stereocenters. The minimum atomic E-state index is -0.498. The maximum absolute atomic E-state index is 10.5. The highest BCUT2D eigenvalue weighted by molar-refractivity contribution is 6.32. The van der Waals surface area contributed by atoms with Crippen LogP contribution in [0.3, 0.4) is 0 Å². The van der Waals surface area contributed by atoms with E-state index in [4.69, 9.17) is 11.6 Å². The molecule has 6 nitrogen and oxygen atoms in total. The first-order valence-electron chi connectivity index (χ1n) is 4.41. The number of aryl methyl sites for hydroxylation is 1. The summed E-state index contributed by atoms with van der Waals surface area (Å²) in [6.07, 6.45) is 1.69. The Labute approximate surface area is 95.6 Å². The van der Waals surface area contributed by atoms with E-state index < -0.39 is 4.92 Å². The van der Waals surface area contributed by atoms with Gasteiger partial charge in [-0.25, -0.2) is 4.68 Å². The molecule has 16 heavy (non-hydrogen) atoms. The molecule has 0 radical (unpaired) electrons. The number of nitro benzene ring substituents is 1. The van der Waals surface area contributed by atoms with Gasteiger partial charge in [0.2, 0.25) is 0 Å². The number of nitro groups is 1. The van der Waals surface area contributed by atoms with E-state index in [1.165, 1.54) is 22.9 Å². The van der Waals surface area contributed by atoms with E-state index in [-0.39, 0.29) is 10.7 Å². The average molecular weight is 239 g/mol. The Hall–Kier alpha value is -1.95. The lowest BCUT2D eigenvalue weighted by Crippen LogP contribution is -1.97. The number of aromatic nitrogens is 3. The molecule has 1 aromatic carbocycles. The van der Waals surface area contributed by atoms with Crippen LogP contribution in [0.5, 0.6) is 0 Å². The first-order valence-corrected chi connectivity index (χ1v) is 4.79. The van der Waals surface area contributed by atoms with Crippen LogP contribution in [0.4, 0.5) is 5.69 Å². The molecule has 2 aromatic rings. The number of benzene rings is 1. The molecule has 2 rings (SSSR count). The average Bonchev–Trinajstić information content (AvgIpc) is 2.64. The zero-order chi connectivity index (χ0) is 11.7. The van der Waals surface area contributed by atoms with Gasteiger partial charge >= 0.3 is 0 Å². The Morgan fingerprint density at radius 2 is 2.25 bits per heavy atom. The topological polar surface area (TPSA) is 73.8 Å². The van der Waals surface area contributed by atoms with Gasteiger partial charge in [0.05, 0.1) is 27.5 Å². The number of halogens is 1. The minimum Gasteiger partial charge on any atom is -0.258 e. The summed E-state index contributed by atoms with van der Waals surface area (Å²) in [6, 6.07) is 4.20. The summed E-state index contributed by atoms with van der Waals surface area (Å²) >= 11 is 5.92. The van der Waals surface area contributed by atoms with Crippen molar-refractivity contribution in [1.82, 2.24) is 15.0 Å². The van der Waals surface area contributed by atoms with E-state index in [1.807, 2.05) is 0 Å². The van der Waals surface area contributed by atoms with Gasteiger partial charge in [0.15, 0.2) is 0 Å². The molecule has 1 aromatic heterocycles. The number of non-ortho nitro benzene ring substituents is 1. The van der Waals surface area contributed by atoms with Crippen molar-refractivity contribution in [2.45, 2.75) is 6.92 Å². The van der Waals surface area contributed by atoms with Gasteiger partial charge in [-0.15, -0.1) is 5.10 Å². The molecule has 0 aliphatic carbocycles. The number of rotatable bonds is 2. The Balaban J connectivity index is 2.47. The molecule has 0 fully saturated rings. The lowest BCUT2D eigenvalue weighted by molar-refractivity contribution is -0.384. The third-order valence-electron chi connectivity index (χ3n) is 2.00. The van der Waals surface area contributed by atoms with Crippen molar-refractivity contribution in [2.75, 3.05) is 0 Å². The van der Waals surface area contributed by atoms with Gasteiger partial charge in [-0.2, -0.15) is 0 Å². The summed E-state index contributed by atoms with van der Waals surface area (Å²) in [4.78, 5) is 10.0. The second-order valence-corrected chi connectivity index (χ2v) is 3.60. The highest BCUT2D eigenvalue weighted by Gasteiger charge is 2.11. The number of hydrogen-bond acceptors (Lipinski definition) is 4. The Morgan fingerprint density at radius 1 is 1.50 bits per heavy atom. The van der Waals surface area contributed by atoms with Gasteiger partial charge in [0, 0.05) is 12.1 Å². The fourth-order valence-corrected chi connectivity index (χ4v) is 1.52. The highest BCUT2D eigenvalue weighted by Crippen LogP contribution is 2.24. The van der Waals surface area contributed by atoms with Gasteiger partial charge in [0.25, 0.3) is 5.69 Å². The third-order valence-corrected chi connectivity index (χ3v) is 2.30. The summed E-state index contributed by atoms with van der Waals surface area (Å²) in [5.74, 6) is 0. The fourth-order valence-electron chi connectivity index (χ4n) is 1.26. The monoisotopic (exact) mass is 238 g/mol. The van der Waals surface area contributed by atoms with E-state index in [0.717, 1.165) is 5.69 Å². The molecule has 0 amide bonds. The van der Waals surface area contributed by atoms with Gasteiger partial charge in [-0.3, -0.25) is 10.1 Å². The van der Waals surface area contributed by atoms with Crippen LogP contribution in [0.15, 0.2) is 24.4 Å². The maximum atomic E-state index is 10.5. The zero-order valence-corrected chi connectivity index (χ0v) is 9.05. The zero-order valence-electron chi connectivity index (χ0n) is 8.29. The molecular weight excluding hydrogens is 232 g/mol. The summed E-state index contributed by atoms with van der Waals surface area (Å²) in [7, 11) is 0. The van der Waals surface area contributed by atoms with Crippen LogP contribution in [0.2, 0.25) is 5.02 Å². The predicted molar refractivity (Wildman–Crippen MR) is 57.8 cm³/mol. The van der Waals surface area contributed by atoms with Gasteiger partial charge in [-0.05, 0) is 13.0 Å². The summed E-state index contributed by atoms with van der Waals surface area (Å²) in [5, 5.41) is 18.4. The van der Waals surface area contributed by atoms with Crippen LogP contribution in [-0.2, 0) is 0 Å². The van der Waals surface area contributed by atoms with Crippen molar-refractivity contribution in [3.05, 3.63) is 45.2 Å². The van der Waals surface area contributed by atoms with E-state index >= 15 is 0 Å². The number of nitrogens with zero attached hydrogens (tertiary/aromatic N) is 4. The van der Waals surface area contributed by atoms with Crippen LogP contribution >= 0.6 is 11.6 Å². The first kappa shape index (κ1) is 10.6. The third kappa shape index (κ3) is 1.87. The highest BCUT2D eigenvalue weighted by atomic mass is 35.5. The molecule has 1 heterocycles. The predicted octanol–water partition coefficient (Wildman–Crippen LogP) is 2.14. The molecule has 82 valence electrons. The molecule has 0 saturated carbocycles. The van der Waals surface area contributed by atoms with E-state index in [0.29, 0.717) is 5.69 Å². The van der Waals surface area contributed by atoms with E-state index in [1.54, 1.807) is 13.1 Å². The van der Waals surface area contributed by atoms with Gasteiger partial charge in [0.1, 0.15) is 0 Å². The SMILES string of the molecule is Cc1cn(-c2ccc([N+](=O)[O-])cc2Cl)nn1. The van der Waals surface area contributed by atoms with Crippen LogP contribution in [0, 0.1) is 17.0 Å². The smallest absolute Gasteiger partial charge is 0.258 e. The second kappa shape index (κ2) is 3.90. The van der Waals surface area contributed by atoms with Crippen molar-refractivity contribution < 1.29 is 4.92 Å². The van der Waals surface area contributed by atoms with Gasteiger partial charge in [-0.1, -0.05) is 16.8 Å². The summed E-state index contributed by atoms with van der Waals surface area (Å²) in [6.45, 7) is 1.79. The van der Waals surface area contributed by atoms with Crippen LogP contribution in [0.1, 0.15) is 5.69 Å². The first-order chi connectivity index (χ1) is 7.58. The fraction of sp³-hybridized carbons (Fsp3) is 0.111. The van der Waals surface area contributed by atoms with Crippen molar-refractivity contribution in [3.8, 4) is 5.69 Å². The summed E-state index contributed by atoms with van der Waals surface area (Å²) < 4.78 is 1.47. The number of hydrogen-bond donors (Lipinski definition) is 0. The minimum absolute atomic E-state index is 0.0504. The van der Waals surface area contributed by atoms with Crippen LogP contribution in [-0.4, -0.2) is 19.9 Å². The molecule has 0 N–H and O–H groups in total. The van der Waals surface area contributed by atoms with Crippen molar-refractivity contribution in [1.29, 1.82) is 0 Å². The molecule has 0 spiro atoms. The molecule has 7 heteroatoms. The molecule has 0 saturated heterocycles. The normalized spacial score (nSPS) is 10.4. The Morgan fingerprint density at radius 3 is 2.75 bits per heavy atom. The van der Waals surface area contributed by atoms with Crippen LogP contribution in [0.25, 0.3) is 5.69 Å².